The van der Waals surface area contributed by atoms with Crippen molar-refractivity contribution in [3.63, 3.8) is 0 Å². The van der Waals surface area contributed by atoms with Crippen LogP contribution >= 0.6 is 22.9 Å². The normalized spacial score (nSPS) is 14.0. The molecule has 1 aromatic carbocycles. The van der Waals surface area contributed by atoms with Crippen LogP contribution in [0.2, 0.25) is 5.02 Å². The minimum atomic E-state index is -0.568. The predicted octanol–water partition coefficient (Wildman–Crippen LogP) is 2.05. The first-order chi connectivity index (χ1) is 13.4. The van der Waals surface area contributed by atoms with E-state index in [1.807, 2.05) is 0 Å². The van der Waals surface area contributed by atoms with Crippen LogP contribution in [0.15, 0.2) is 33.9 Å². The molecule has 28 heavy (non-hydrogen) atoms. The van der Waals surface area contributed by atoms with Gasteiger partial charge in [0.05, 0.1) is 0 Å². The summed E-state index contributed by atoms with van der Waals surface area (Å²) >= 11 is 7.12. The lowest BCUT2D eigenvalue weighted by atomic mass is 10.3. The van der Waals surface area contributed by atoms with Crippen LogP contribution in [-0.2, 0) is 18.4 Å². The summed E-state index contributed by atoms with van der Waals surface area (Å²) in [4.78, 5) is 44.3. The quantitative estimate of drug-likeness (QED) is 0.699. The van der Waals surface area contributed by atoms with Crippen LogP contribution < -0.4 is 21.5 Å². The van der Waals surface area contributed by atoms with Gasteiger partial charge in [0.15, 0.2) is 10.8 Å². The number of halogens is 1. The molecule has 1 N–H and O–H groups in total. The minimum absolute atomic E-state index is 0.241. The van der Waals surface area contributed by atoms with E-state index in [-0.39, 0.29) is 18.1 Å². The molecule has 146 valence electrons. The Morgan fingerprint density at radius 1 is 1.21 bits per heavy atom. The number of nitrogens with zero attached hydrogens (tertiary/aromatic N) is 4. The molecule has 10 heteroatoms. The van der Waals surface area contributed by atoms with Gasteiger partial charge >= 0.3 is 5.69 Å². The van der Waals surface area contributed by atoms with Crippen LogP contribution in [0, 0.1) is 0 Å². The molecule has 1 aliphatic rings. The van der Waals surface area contributed by atoms with Crippen molar-refractivity contribution in [2.75, 3.05) is 23.3 Å². The lowest BCUT2D eigenvalue weighted by Crippen LogP contribution is -2.39. The second kappa shape index (κ2) is 7.40. The van der Waals surface area contributed by atoms with Gasteiger partial charge in [0.25, 0.3) is 5.56 Å². The fourth-order valence-electron chi connectivity index (χ4n) is 3.20. The monoisotopic (exact) mass is 419 g/mol. The number of hydrogen-bond acceptors (Lipinski definition) is 6. The van der Waals surface area contributed by atoms with Crippen molar-refractivity contribution in [3.05, 3.63) is 50.1 Å². The molecule has 8 nitrogen and oxygen atoms in total. The number of amides is 1. The van der Waals surface area contributed by atoms with Gasteiger partial charge in [-0.2, -0.15) is 0 Å². The van der Waals surface area contributed by atoms with E-state index in [1.54, 1.807) is 24.3 Å². The molecular weight excluding hydrogens is 402 g/mol. The van der Waals surface area contributed by atoms with Crippen molar-refractivity contribution in [2.45, 2.75) is 19.4 Å². The van der Waals surface area contributed by atoms with Gasteiger partial charge in [0.1, 0.15) is 11.2 Å². The molecule has 3 heterocycles. The Kier molecular flexibility index (Phi) is 4.94. The third-order valence-corrected chi connectivity index (χ3v) is 6.02. The van der Waals surface area contributed by atoms with E-state index in [0.29, 0.717) is 20.5 Å². The maximum absolute atomic E-state index is 12.6. The number of rotatable bonds is 4. The summed E-state index contributed by atoms with van der Waals surface area (Å²) in [6.45, 7) is 1.51. The number of nitrogens with one attached hydrogen (secondary N) is 1. The number of carbonyl (C=O) groups is 1. The molecule has 3 aromatic rings. The maximum Gasteiger partial charge on any atom is 0.332 e. The Hall–Kier alpha value is -2.65. The number of anilines is 2. The zero-order valence-corrected chi connectivity index (χ0v) is 16.7. The highest BCUT2D eigenvalue weighted by atomic mass is 35.5. The fourth-order valence-corrected chi connectivity index (χ4v) is 4.42. The lowest BCUT2D eigenvalue weighted by molar-refractivity contribution is -0.116. The Morgan fingerprint density at radius 2 is 1.89 bits per heavy atom. The van der Waals surface area contributed by atoms with Crippen molar-refractivity contribution >= 4 is 50.0 Å². The molecule has 1 amide bonds. The van der Waals surface area contributed by atoms with Gasteiger partial charge in [-0.25, -0.2) is 9.78 Å². The van der Waals surface area contributed by atoms with Gasteiger partial charge in [0, 0.05) is 30.8 Å². The van der Waals surface area contributed by atoms with Crippen molar-refractivity contribution in [1.82, 2.24) is 14.1 Å². The average Bonchev–Trinajstić information content (AvgIpc) is 3.35. The van der Waals surface area contributed by atoms with Crippen molar-refractivity contribution in [3.8, 4) is 0 Å². The molecular formula is C18H18ClN5O3S. The molecule has 2 aromatic heterocycles. The Bertz CT molecular complexity index is 1160. The first-order valence-corrected chi connectivity index (χ1v) is 10.0. The maximum atomic E-state index is 12.6. The van der Waals surface area contributed by atoms with Gasteiger partial charge in [-0.05, 0) is 37.1 Å². The number of aromatic nitrogens is 3. The summed E-state index contributed by atoms with van der Waals surface area (Å²) in [5.41, 5.74) is -0.134. The molecule has 0 bridgehead atoms. The minimum Gasteiger partial charge on any atom is -0.348 e. The van der Waals surface area contributed by atoms with Crippen LogP contribution in [0.5, 0.6) is 0 Å². The van der Waals surface area contributed by atoms with Gasteiger partial charge in [-0.15, -0.1) is 0 Å². The van der Waals surface area contributed by atoms with Crippen LogP contribution in [0.1, 0.15) is 12.8 Å². The molecule has 0 radical (unpaired) electrons. The highest BCUT2D eigenvalue weighted by molar-refractivity contribution is 7.22. The zero-order valence-electron chi connectivity index (χ0n) is 15.1. The largest absolute Gasteiger partial charge is 0.348 e. The Morgan fingerprint density at radius 3 is 2.57 bits per heavy atom. The van der Waals surface area contributed by atoms with Gasteiger partial charge < -0.3 is 10.2 Å². The third-order valence-electron chi connectivity index (χ3n) is 4.68. The van der Waals surface area contributed by atoms with E-state index in [0.717, 1.165) is 30.5 Å². The smallest absolute Gasteiger partial charge is 0.332 e. The fraction of sp³-hybridized carbons (Fsp3) is 0.333. The number of fused-ring (bicyclic) bond motifs is 1. The second-order valence-electron chi connectivity index (χ2n) is 6.63. The highest BCUT2D eigenvalue weighted by Crippen LogP contribution is 2.28. The molecule has 1 saturated heterocycles. The number of benzene rings is 1. The van der Waals surface area contributed by atoms with E-state index in [4.69, 9.17) is 11.6 Å². The standard InChI is InChI=1S/C18H18ClN5O3S/c1-22-16(26)14-15(21-17(28-14)23-8-2-3-9-23)24(18(22)27)10-13(25)20-12-6-4-11(19)5-7-12/h4-7H,2-3,8-10H2,1H3,(H,20,25). The van der Waals surface area contributed by atoms with Crippen molar-refractivity contribution in [1.29, 1.82) is 0 Å². The SMILES string of the molecule is Cn1c(=O)c2sc(N3CCCC3)nc2n(CC(=O)Nc2ccc(Cl)cc2)c1=O. The molecule has 1 aliphatic heterocycles. The summed E-state index contributed by atoms with van der Waals surface area (Å²) < 4.78 is 2.64. The van der Waals surface area contributed by atoms with E-state index >= 15 is 0 Å². The highest BCUT2D eigenvalue weighted by Gasteiger charge is 2.22. The van der Waals surface area contributed by atoms with Crippen LogP contribution in [-0.4, -0.2) is 33.1 Å². The van der Waals surface area contributed by atoms with E-state index in [1.165, 1.54) is 23.0 Å². The number of hydrogen-bond donors (Lipinski definition) is 1. The molecule has 1 fully saturated rings. The van der Waals surface area contributed by atoms with Crippen molar-refractivity contribution < 1.29 is 4.79 Å². The topological polar surface area (TPSA) is 89.2 Å². The summed E-state index contributed by atoms with van der Waals surface area (Å²) in [7, 11) is 1.41. The third kappa shape index (κ3) is 3.43. The van der Waals surface area contributed by atoms with Gasteiger partial charge in [-0.1, -0.05) is 22.9 Å². The zero-order chi connectivity index (χ0) is 19.8. The Labute approximate surface area is 169 Å². The van der Waals surface area contributed by atoms with Crippen LogP contribution in [0.3, 0.4) is 0 Å². The molecule has 0 saturated carbocycles. The molecule has 0 atom stereocenters. The molecule has 4 rings (SSSR count). The average molecular weight is 420 g/mol. The number of thiazole rings is 1. The molecule has 0 spiro atoms. The van der Waals surface area contributed by atoms with Crippen molar-refractivity contribution in [2.24, 2.45) is 7.05 Å². The van der Waals surface area contributed by atoms with E-state index in [2.05, 4.69) is 15.2 Å². The first-order valence-electron chi connectivity index (χ1n) is 8.85. The van der Waals surface area contributed by atoms with E-state index in [9.17, 15) is 14.4 Å². The predicted molar refractivity (Wildman–Crippen MR) is 111 cm³/mol. The van der Waals surface area contributed by atoms with Gasteiger partial charge in [-0.3, -0.25) is 18.7 Å². The molecule has 0 unspecified atom stereocenters. The number of carbonyl (C=O) groups excluding carboxylic acids is 1. The summed E-state index contributed by atoms with van der Waals surface area (Å²) in [5.74, 6) is -0.389. The lowest BCUT2D eigenvalue weighted by Gasteiger charge is -2.12. The Balaban J connectivity index is 1.70. The van der Waals surface area contributed by atoms with Crippen LogP contribution in [0.4, 0.5) is 10.8 Å². The second-order valence-corrected chi connectivity index (χ2v) is 8.05. The van der Waals surface area contributed by atoms with E-state index < -0.39 is 11.2 Å². The first kappa shape index (κ1) is 18.7. The summed E-state index contributed by atoms with van der Waals surface area (Å²) in [5, 5.41) is 4.00. The molecule has 0 aliphatic carbocycles. The summed E-state index contributed by atoms with van der Waals surface area (Å²) in [6, 6.07) is 6.67. The van der Waals surface area contributed by atoms with Gasteiger partial charge in [0.2, 0.25) is 5.91 Å². The van der Waals surface area contributed by atoms with Crippen LogP contribution in [0.25, 0.3) is 10.3 Å². The summed E-state index contributed by atoms with van der Waals surface area (Å²) in [6.07, 6.45) is 2.15.